The molecule has 0 aromatic heterocycles. The van der Waals surface area contributed by atoms with Gasteiger partial charge in [0.05, 0.1) is 11.5 Å². The molecule has 0 amide bonds. The van der Waals surface area contributed by atoms with Gasteiger partial charge < -0.3 is 5.32 Å². The first kappa shape index (κ1) is 14.5. The van der Waals surface area contributed by atoms with Gasteiger partial charge in [-0.05, 0) is 18.9 Å². The molecule has 0 bridgehead atoms. The van der Waals surface area contributed by atoms with Gasteiger partial charge in [-0.25, -0.2) is 8.42 Å². The summed E-state index contributed by atoms with van der Waals surface area (Å²) in [7, 11) is -2.82. The Hall–Kier alpha value is -0.580. The Morgan fingerprint density at radius 2 is 1.94 bits per heavy atom. The van der Waals surface area contributed by atoms with E-state index in [1.54, 1.807) is 0 Å². The minimum Gasteiger partial charge on any atom is -0.306 e. The standard InChI is InChI=1S/C12H17NO2S.ClH/c1-12(7-8-16(14,15)10-12)13-9-11-5-3-2-4-6-11;/h2-6,13H,7-10H2,1H3;1H. The summed E-state index contributed by atoms with van der Waals surface area (Å²) in [5.74, 6) is 0.568. The fraction of sp³-hybridized carbons (Fsp3) is 0.500. The third kappa shape index (κ3) is 3.98. The maximum absolute atomic E-state index is 11.4. The Labute approximate surface area is 109 Å². The second-order valence-corrected chi connectivity index (χ2v) is 6.93. The van der Waals surface area contributed by atoms with Crippen LogP contribution in [0.15, 0.2) is 30.3 Å². The maximum atomic E-state index is 11.4. The van der Waals surface area contributed by atoms with E-state index in [2.05, 4.69) is 5.32 Å². The summed E-state index contributed by atoms with van der Waals surface area (Å²) in [6.07, 6.45) is 0.710. The summed E-state index contributed by atoms with van der Waals surface area (Å²) in [4.78, 5) is 0. The van der Waals surface area contributed by atoms with Crippen molar-refractivity contribution in [2.24, 2.45) is 0 Å². The Morgan fingerprint density at radius 1 is 1.29 bits per heavy atom. The van der Waals surface area contributed by atoms with E-state index >= 15 is 0 Å². The summed E-state index contributed by atoms with van der Waals surface area (Å²) in [5, 5.41) is 3.35. The van der Waals surface area contributed by atoms with Crippen LogP contribution >= 0.6 is 12.4 Å². The first-order valence-corrected chi connectivity index (χ1v) is 7.31. The van der Waals surface area contributed by atoms with E-state index < -0.39 is 9.84 Å². The highest BCUT2D eigenvalue weighted by Gasteiger charge is 2.37. The summed E-state index contributed by atoms with van der Waals surface area (Å²) >= 11 is 0. The summed E-state index contributed by atoms with van der Waals surface area (Å²) < 4.78 is 22.8. The molecular weight excluding hydrogens is 258 g/mol. The zero-order valence-electron chi connectivity index (χ0n) is 9.85. The lowest BCUT2D eigenvalue weighted by Gasteiger charge is -2.23. The predicted molar refractivity (Wildman–Crippen MR) is 72.2 cm³/mol. The topological polar surface area (TPSA) is 46.2 Å². The molecule has 1 aliphatic rings. The Bertz CT molecular complexity index is 461. The summed E-state index contributed by atoms with van der Waals surface area (Å²) in [6, 6.07) is 10.0. The minimum atomic E-state index is -2.82. The van der Waals surface area contributed by atoms with Gasteiger partial charge in [-0.2, -0.15) is 0 Å². The number of halogens is 1. The molecule has 1 aromatic rings. The van der Waals surface area contributed by atoms with Crippen molar-refractivity contribution in [2.75, 3.05) is 11.5 Å². The Kier molecular flexibility index (Phi) is 4.58. The molecule has 1 aliphatic heterocycles. The molecule has 96 valence electrons. The molecule has 1 atom stereocenters. The van der Waals surface area contributed by atoms with Crippen LogP contribution < -0.4 is 5.32 Å². The molecular formula is C12H18ClNO2S. The number of nitrogens with one attached hydrogen (secondary N) is 1. The van der Waals surface area contributed by atoms with Gasteiger partial charge in [0.15, 0.2) is 9.84 Å². The van der Waals surface area contributed by atoms with Gasteiger partial charge in [0.1, 0.15) is 0 Å². The summed E-state index contributed by atoms with van der Waals surface area (Å²) in [5.41, 5.74) is 0.933. The molecule has 1 heterocycles. The Morgan fingerprint density at radius 3 is 2.47 bits per heavy atom. The lowest BCUT2D eigenvalue weighted by atomic mass is 10.0. The first-order chi connectivity index (χ1) is 7.49. The molecule has 0 radical (unpaired) electrons. The quantitative estimate of drug-likeness (QED) is 0.915. The molecule has 0 spiro atoms. The molecule has 3 nitrogen and oxygen atoms in total. The first-order valence-electron chi connectivity index (χ1n) is 5.49. The third-order valence-corrected chi connectivity index (χ3v) is 4.97. The highest BCUT2D eigenvalue weighted by molar-refractivity contribution is 7.91. The minimum absolute atomic E-state index is 0. The molecule has 0 aliphatic carbocycles. The van der Waals surface area contributed by atoms with Gasteiger partial charge in [-0.15, -0.1) is 12.4 Å². The SMILES string of the molecule is CC1(NCc2ccccc2)CCS(=O)(=O)C1.Cl. The van der Waals surface area contributed by atoms with E-state index in [1.165, 1.54) is 5.56 Å². The van der Waals surface area contributed by atoms with Gasteiger partial charge in [-0.3, -0.25) is 0 Å². The number of sulfone groups is 1. The van der Waals surface area contributed by atoms with Crippen molar-refractivity contribution < 1.29 is 8.42 Å². The Balaban J connectivity index is 0.00000144. The van der Waals surface area contributed by atoms with E-state index in [9.17, 15) is 8.42 Å². The normalized spacial score (nSPS) is 26.4. The summed E-state index contributed by atoms with van der Waals surface area (Å²) in [6.45, 7) is 2.72. The second kappa shape index (κ2) is 5.38. The van der Waals surface area contributed by atoms with Crippen LogP contribution in [0.3, 0.4) is 0 Å². The van der Waals surface area contributed by atoms with E-state index in [0.29, 0.717) is 12.2 Å². The van der Waals surface area contributed by atoms with E-state index in [1.807, 2.05) is 37.3 Å². The van der Waals surface area contributed by atoms with Crippen LogP contribution in [0.5, 0.6) is 0 Å². The molecule has 5 heteroatoms. The smallest absolute Gasteiger partial charge is 0.152 e. The van der Waals surface area contributed by atoms with Crippen molar-refractivity contribution in [2.45, 2.75) is 25.4 Å². The van der Waals surface area contributed by atoms with E-state index in [-0.39, 0.29) is 23.7 Å². The van der Waals surface area contributed by atoms with E-state index in [0.717, 1.165) is 6.54 Å². The lowest BCUT2D eigenvalue weighted by Crippen LogP contribution is -2.42. The largest absolute Gasteiger partial charge is 0.306 e. The van der Waals surface area contributed by atoms with Crippen molar-refractivity contribution in [3.05, 3.63) is 35.9 Å². The van der Waals surface area contributed by atoms with Crippen molar-refractivity contribution in [3.63, 3.8) is 0 Å². The van der Waals surface area contributed by atoms with Crippen molar-refractivity contribution in [1.82, 2.24) is 5.32 Å². The second-order valence-electron chi connectivity index (χ2n) is 4.74. The molecule has 17 heavy (non-hydrogen) atoms. The number of hydrogen-bond acceptors (Lipinski definition) is 3. The average molecular weight is 276 g/mol. The maximum Gasteiger partial charge on any atom is 0.152 e. The van der Waals surface area contributed by atoms with Gasteiger partial charge in [-0.1, -0.05) is 30.3 Å². The zero-order chi connectivity index (χ0) is 11.6. The molecule has 1 unspecified atom stereocenters. The molecule has 1 N–H and O–H groups in total. The highest BCUT2D eigenvalue weighted by Crippen LogP contribution is 2.23. The van der Waals surface area contributed by atoms with Gasteiger partial charge in [0, 0.05) is 12.1 Å². The zero-order valence-corrected chi connectivity index (χ0v) is 11.5. The molecule has 1 fully saturated rings. The lowest BCUT2D eigenvalue weighted by molar-refractivity contribution is 0.395. The molecule has 2 rings (SSSR count). The fourth-order valence-electron chi connectivity index (χ4n) is 2.06. The predicted octanol–water partition coefficient (Wildman–Crippen LogP) is 1.78. The van der Waals surface area contributed by atoms with Crippen molar-refractivity contribution >= 4 is 22.2 Å². The van der Waals surface area contributed by atoms with E-state index in [4.69, 9.17) is 0 Å². The average Bonchev–Trinajstić information content (AvgIpc) is 2.53. The number of hydrogen-bond donors (Lipinski definition) is 1. The monoisotopic (exact) mass is 275 g/mol. The fourth-order valence-corrected chi connectivity index (χ4v) is 4.18. The van der Waals surface area contributed by atoms with Crippen LogP contribution in [0.1, 0.15) is 18.9 Å². The van der Waals surface area contributed by atoms with Gasteiger partial charge in [0.2, 0.25) is 0 Å². The third-order valence-electron chi connectivity index (χ3n) is 3.07. The van der Waals surface area contributed by atoms with Crippen LogP contribution in [0, 0.1) is 0 Å². The van der Waals surface area contributed by atoms with Crippen LogP contribution in [-0.4, -0.2) is 25.5 Å². The van der Waals surface area contributed by atoms with Gasteiger partial charge in [0.25, 0.3) is 0 Å². The van der Waals surface area contributed by atoms with Crippen LogP contribution in [0.2, 0.25) is 0 Å². The number of rotatable bonds is 3. The molecule has 1 aromatic carbocycles. The van der Waals surface area contributed by atoms with Crippen LogP contribution in [-0.2, 0) is 16.4 Å². The van der Waals surface area contributed by atoms with Crippen LogP contribution in [0.4, 0.5) is 0 Å². The van der Waals surface area contributed by atoms with Gasteiger partial charge >= 0.3 is 0 Å². The number of benzene rings is 1. The van der Waals surface area contributed by atoms with Crippen molar-refractivity contribution in [1.29, 1.82) is 0 Å². The molecule has 0 saturated carbocycles. The molecule has 1 saturated heterocycles. The highest BCUT2D eigenvalue weighted by atomic mass is 35.5. The van der Waals surface area contributed by atoms with Crippen molar-refractivity contribution in [3.8, 4) is 0 Å². The van der Waals surface area contributed by atoms with Crippen LogP contribution in [0.25, 0.3) is 0 Å².